The molecule has 0 heterocycles. The standard InChI is InChI=1S/C14H23BrN2O3S/c1-3-4-6-20-7-5-17-21(18,19)13-9-12(10-16)8-11(2)14(13)15/h8-9,17H,3-7,10,16H2,1-2H3. The Morgan fingerprint density at radius 3 is 2.67 bits per heavy atom. The molecule has 0 fully saturated rings. The number of hydrogen-bond donors (Lipinski definition) is 2. The molecule has 0 aromatic heterocycles. The van der Waals surface area contributed by atoms with Crippen LogP contribution >= 0.6 is 15.9 Å². The monoisotopic (exact) mass is 378 g/mol. The third-order valence-electron chi connectivity index (χ3n) is 2.99. The maximum atomic E-state index is 12.3. The third kappa shape index (κ3) is 5.67. The Kier molecular flexibility index (Phi) is 7.83. The highest BCUT2D eigenvalue weighted by atomic mass is 79.9. The minimum Gasteiger partial charge on any atom is -0.380 e. The van der Waals surface area contributed by atoms with Crippen LogP contribution in [-0.4, -0.2) is 28.2 Å². The van der Waals surface area contributed by atoms with Gasteiger partial charge >= 0.3 is 0 Å². The van der Waals surface area contributed by atoms with E-state index >= 15 is 0 Å². The second-order valence-corrected chi connectivity index (χ2v) is 7.32. The SMILES string of the molecule is CCCCOCCNS(=O)(=O)c1cc(CN)cc(C)c1Br. The molecule has 0 bridgehead atoms. The fourth-order valence-electron chi connectivity index (χ4n) is 1.80. The van der Waals surface area contributed by atoms with Gasteiger partial charge in [0, 0.05) is 24.2 Å². The molecule has 0 spiro atoms. The fourth-order valence-corrected chi connectivity index (χ4v) is 3.88. The van der Waals surface area contributed by atoms with Crippen LogP contribution in [0.3, 0.4) is 0 Å². The predicted molar refractivity (Wildman–Crippen MR) is 87.7 cm³/mol. The summed E-state index contributed by atoms with van der Waals surface area (Å²) >= 11 is 3.33. The van der Waals surface area contributed by atoms with Crippen LogP contribution in [0.1, 0.15) is 30.9 Å². The topological polar surface area (TPSA) is 81.4 Å². The average Bonchev–Trinajstić information content (AvgIpc) is 2.45. The van der Waals surface area contributed by atoms with Crippen molar-refractivity contribution < 1.29 is 13.2 Å². The van der Waals surface area contributed by atoms with E-state index in [9.17, 15) is 8.42 Å². The molecule has 7 heteroatoms. The first-order valence-electron chi connectivity index (χ1n) is 6.99. The number of hydrogen-bond acceptors (Lipinski definition) is 4. The summed E-state index contributed by atoms with van der Waals surface area (Å²) in [7, 11) is -3.57. The van der Waals surface area contributed by atoms with Gasteiger partial charge in [0.25, 0.3) is 0 Å². The molecule has 0 saturated heterocycles. The molecule has 3 N–H and O–H groups in total. The molecule has 0 saturated carbocycles. The Morgan fingerprint density at radius 2 is 2.05 bits per heavy atom. The Bertz CT molecular complexity index is 562. The van der Waals surface area contributed by atoms with Crippen molar-refractivity contribution in [1.29, 1.82) is 0 Å². The molecule has 0 aliphatic carbocycles. The smallest absolute Gasteiger partial charge is 0.241 e. The van der Waals surface area contributed by atoms with E-state index in [2.05, 4.69) is 27.6 Å². The van der Waals surface area contributed by atoms with Gasteiger partial charge in [-0.25, -0.2) is 13.1 Å². The highest BCUT2D eigenvalue weighted by molar-refractivity contribution is 9.10. The molecule has 0 atom stereocenters. The molecule has 5 nitrogen and oxygen atoms in total. The molecule has 0 radical (unpaired) electrons. The van der Waals surface area contributed by atoms with Crippen molar-refractivity contribution in [3.63, 3.8) is 0 Å². The lowest BCUT2D eigenvalue weighted by atomic mass is 10.1. The number of aryl methyl sites for hydroxylation is 1. The largest absolute Gasteiger partial charge is 0.380 e. The van der Waals surface area contributed by atoms with Gasteiger partial charge in [0.2, 0.25) is 10.0 Å². The summed E-state index contributed by atoms with van der Waals surface area (Å²) in [5.74, 6) is 0. The van der Waals surface area contributed by atoms with Crippen LogP contribution in [-0.2, 0) is 21.3 Å². The van der Waals surface area contributed by atoms with Crippen LogP contribution in [0.4, 0.5) is 0 Å². The molecule has 21 heavy (non-hydrogen) atoms. The first-order valence-corrected chi connectivity index (χ1v) is 9.26. The maximum absolute atomic E-state index is 12.3. The average molecular weight is 379 g/mol. The molecular weight excluding hydrogens is 356 g/mol. The highest BCUT2D eigenvalue weighted by Crippen LogP contribution is 2.27. The molecule has 0 aliphatic rings. The molecule has 1 aromatic rings. The number of ether oxygens (including phenoxy) is 1. The quantitative estimate of drug-likeness (QED) is 0.646. The van der Waals surface area contributed by atoms with Gasteiger partial charge in [-0.3, -0.25) is 0 Å². The summed E-state index contributed by atoms with van der Waals surface area (Å²) in [4.78, 5) is 0.219. The first kappa shape index (κ1) is 18.6. The number of unbranched alkanes of at least 4 members (excludes halogenated alkanes) is 1. The summed E-state index contributed by atoms with van der Waals surface area (Å²) in [6.45, 7) is 5.50. The molecule has 120 valence electrons. The van der Waals surface area contributed by atoms with Crippen molar-refractivity contribution in [1.82, 2.24) is 4.72 Å². The van der Waals surface area contributed by atoms with E-state index in [1.165, 1.54) is 0 Å². The summed E-state index contributed by atoms with van der Waals surface area (Å²) < 4.78 is 33.1. The van der Waals surface area contributed by atoms with Gasteiger partial charge in [-0.05, 0) is 46.5 Å². The number of halogens is 1. The van der Waals surface area contributed by atoms with Gasteiger partial charge in [0.15, 0.2) is 0 Å². The van der Waals surface area contributed by atoms with Crippen molar-refractivity contribution in [3.8, 4) is 0 Å². The molecule has 1 rings (SSSR count). The molecule has 1 aromatic carbocycles. The van der Waals surface area contributed by atoms with Crippen LogP contribution in [0.2, 0.25) is 0 Å². The van der Waals surface area contributed by atoms with E-state index in [1.807, 2.05) is 13.0 Å². The van der Waals surface area contributed by atoms with Gasteiger partial charge in [-0.1, -0.05) is 19.4 Å². The minimum absolute atomic E-state index is 0.219. The lowest BCUT2D eigenvalue weighted by Crippen LogP contribution is -2.28. The van der Waals surface area contributed by atoms with E-state index in [4.69, 9.17) is 10.5 Å². The number of rotatable bonds is 9. The van der Waals surface area contributed by atoms with Crippen molar-refractivity contribution in [2.24, 2.45) is 5.73 Å². The third-order valence-corrected chi connectivity index (χ3v) is 5.79. The lowest BCUT2D eigenvalue weighted by molar-refractivity contribution is 0.136. The van der Waals surface area contributed by atoms with Crippen LogP contribution in [0.15, 0.2) is 21.5 Å². The number of benzene rings is 1. The summed E-state index contributed by atoms with van der Waals surface area (Å²) in [5, 5.41) is 0. The second kappa shape index (κ2) is 8.85. The number of nitrogens with two attached hydrogens (primary N) is 1. The highest BCUT2D eigenvalue weighted by Gasteiger charge is 2.19. The summed E-state index contributed by atoms with van der Waals surface area (Å²) in [5.41, 5.74) is 7.23. The Morgan fingerprint density at radius 1 is 1.33 bits per heavy atom. The van der Waals surface area contributed by atoms with Crippen molar-refractivity contribution in [2.75, 3.05) is 19.8 Å². The first-order chi connectivity index (χ1) is 9.92. The molecular formula is C14H23BrN2O3S. The summed E-state index contributed by atoms with van der Waals surface area (Å²) in [6.07, 6.45) is 2.04. The van der Waals surface area contributed by atoms with Crippen LogP contribution < -0.4 is 10.5 Å². The predicted octanol–water partition coefficient (Wildman–Crippen LogP) is 2.31. The van der Waals surface area contributed by atoms with E-state index in [0.717, 1.165) is 24.0 Å². The second-order valence-electron chi connectivity index (χ2n) is 4.79. The molecule has 0 unspecified atom stereocenters. The van der Waals surface area contributed by atoms with E-state index < -0.39 is 10.0 Å². The van der Waals surface area contributed by atoms with E-state index in [0.29, 0.717) is 24.2 Å². The Labute approximate surface area is 135 Å². The Balaban J connectivity index is 2.72. The van der Waals surface area contributed by atoms with Gasteiger partial charge in [0.1, 0.15) is 0 Å². The number of nitrogens with one attached hydrogen (secondary N) is 1. The zero-order valence-electron chi connectivity index (χ0n) is 12.5. The van der Waals surface area contributed by atoms with E-state index in [1.54, 1.807) is 6.07 Å². The minimum atomic E-state index is -3.57. The van der Waals surface area contributed by atoms with Gasteiger partial charge in [0.05, 0.1) is 11.5 Å². The zero-order valence-corrected chi connectivity index (χ0v) is 14.9. The van der Waals surface area contributed by atoms with E-state index in [-0.39, 0.29) is 11.4 Å². The van der Waals surface area contributed by atoms with Gasteiger partial charge < -0.3 is 10.5 Å². The lowest BCUT2D eigenvalue weighted by Gasteiger charge is -2.12. The Hall–Kier alpha value is -0.470. The van der Waals surface area contributed by atoms with Crippen molar-refractivity contribution in [3.05, 3.63) is 27.7 Å². The van der Waals surface area contributed by atoms with Crippen LogP contribution in [0.5, 0.6) is 0 Å². The molecule has 0 amide bonds. The van der Waals surface area contributed by atoms with Crippen molar-refractivity contribution >= 4 is 26.0 Å². The number of sulfonamides is 1. The van der Waals surface area contributed by atoms with Crippen LogP contribution in [0, 0.1) is 6.92 Å². The van der Waals surface area contributed by atoms with Crippen LogP contribution in [0.25, 0.3) is 0 Å². The van der Waals surface area contributed by atoms with Gasteiger partial charge in [-0.15, -0.1) is 0 Å². The summed E-state index contributed by atoms with van der Waals surface area (Å²) in [6, 6.07) is 3.47. The van der Waals surface area contributed by atoms with Crippen molar-refractivity contribution in [2.45, 2.75) is 38.1 Å². The molecule has 0 aliphatic heterocycles. The zero-order chi connectivity index (χ0) is 15.9. The normalized spacial score (nSPS) is 11.8. The van der Waals surface area contributed by atoms with Gasteiger partial charge in [-0.2, -0.15) is 0 Å². The fraction of sp³-hybridized carbons (Fsp3) is 0.571. The maximum Gasteiger partial charge on any atom is 0.241 e.